The Morgan fingerprint density at radius 3 is 3.07 bits per heavy atom. The first-order valence-corrected chi connectivity index (χ1v) is 10.1. The van der Waals surface area contributed by atoms with Crippen molar-refractivity contribution < 1.29 is 33.6 Å². The molecule has 1 aliphatic heterocycles. The van der Waals surface area contributed by atoms with Crippen molar-refractivity contribution in [2.24, 2.45) is 0 Å². The third-order valence-corrected chi connectivity index (χ3v) is 5.26. The van der Waals surface area contributed by atoms with Gasteiger partial charge in [-0.3, -0.25) is 0 Å². The molecule has 0 saturated carbocycles. The molecule has 1 N–H and O–H groups in total. The number of methoxy groups -OCH3 is 1. The van der Waals surface area contributed by atoms with Crippen molar-refractivity contribution in [2.75, 3.05) is 13.7 Å². The van der Waals surface area contributed by atoms with Crippen molar-refractivity contribution in [3.05, 3.63) is 72.0 Å². The number of imidazole rings is 1. The van der Waals surface area contributed by atoms with Crippen molar-refractivity contribution in [3.8, 4) is 5.75 Å². The van der Waals surface area contributed by atoms with E-state index in [-0.39, 0.29) is 5.91 Å². The average molecular weight is 535 g/mol. The Hall–Kier alpha value is -2.30. The van der Waals surface area contributed by atoms with Gasteiger partial charge in [-0.1, -0.05) is 0 Å². The summed E-state index contributed by atoms with van der Waals surface area (Å²) in [4.78, 5) is 17.0. The van der Waals surface area contributed by atoms with Crippen LogP contribution in [0, 0.1) is 0 Å². The monoisotopic (exact) mass is 535 g/mol. The van der Waals surface area contributed by atoms with E-state index in [2.05, 4.69) is 14.9 Å². The summed E-state index contributed by atoms with van der Waals surface area (Å²) in [7, 11) is 1.58. The van der Waals surface area contributed by atoms with Crippen LogP contribution in [-0.2, 0) is 37.2 Å². The number of ether oxygens (including phenoxy) is 2. The van der Waals surface area contributed by atoms with Crippen molar-refractivity contribution in [2.45, 2.75) is 19.6 Å². The number of rotatable bonds is 1. The Balaban J connectivity index is 1.83. The van der Waals surface area contributed by atoms with Gasteiger partial charge in [0.25, 0.3) is 0 Å². The molecule has 2 heterocycles. The molecule has 0 aliphatic carbocycles. The number of carbonyl (C=O) groups is 1. The molecule has 3 rings (SSSR count). The molecule has 1 aromatic carbocycles. The van der Waals surface area contributed by atoms with Gasteiger partial charge in [0.15, 0.2) is 0 Å². The number of nitrogens with zero attached hydrogens (tertiary/aromatic N) is 2. The van der Waals surface area contributed by atoms with Gasteiger partial charge >= 0.3 is 169 Å². The van der Waals surface area contributed by atoms with Crippen molar-refractivity contribution in [3.63, 3.8) is 0 Å². The molecule has 0 bridgehead atoms. The first kappa shape index (κ1) is 19.5. The van der Waals surface area contributed by atoms with E-state index in [1.165, 1.54) is 19.4 Å². The van der Waals surface area contributed by atoms with E-state index in [0.29, 0.717) is 24.5 Å². The predicted octanol–water partition coefficient (Wildman–Crippen LogP) is 2.38. The van der Waals surface area contributed by atoms with Crippen molar-refractivity contribution >= 4 is 9.81 Å². The van der Waals surface area contributed by atoms with Crippen LogP contribution in [0.1, 0.15) is 28.2 Å². The van der Waals surface area contributed by atoms with E-state index in [1.807, 2.05) is 36.7 Å². The summed E-state index contributed by atoms with van der Waals surface area (Å²) in [5, 5.41) is 2.80. The number of carbonyl (C=O) groups excluding carboxylic acids is 1. The predicted molar refractivity (Wildman–Crippen MR) is 99.3 cm³/mol. The molecular formula is C20H21N3O3W. The van der Waals surface area contributed by atoms with Gasteiger partial charge in [-0.2, -0.15) is 0 Å². The van der Waals surface area contributed by atoms with Crippen LogP contribution in [0.3, 0.4) is 0 Å². The van der Waals surface area contributed by atoms with Crippen LogP contribution in [-0.4, -0.2) is 33.1 Å². The Kier molecular flexibility index (Phi) is 6.91. The third kappa shape index (κ3) is 5.12. The quantitative estimate of drug-likeness (QED) is 0.610. The summed E-state index contributed by atoms with van der Waals surface area (Å²) >= 11 is 1.34. The number of nitrogens with one attached hydrogen (secondary N) is 1. The van der Waals surface area contributed by atoms with Crippen LogP contribution in [0.4, 0.5) is 0 Å². The molecule has 6 nitrogen and oxygen atoms in total. The summed E-state index contributed by atoms with van der Waals surface area (Å²) in [6, 6.07) is 5.44. The molecule has 2 aromatic rings. The van der Waals surface area contributed by atoms with Crippen molar-refractivity contribution in [1.29, 1.82) is 0 Å². The minimum absolute atomic E-state index is 0.189. The Labute approximate surface area is 169 Å². The van der Waals surface area contributed by atoms with E-state index in [4.69, 9.17) is 9.47 Å². The second kappa shape index (κ2) is 9.58. The number of hydrogen-bond acceptors (Lipinski definition) is 4. The molecule has 0 spiro atoms. The molecule has 1 amide bonds. The summed E-state index contributed by atoms with van der Waals surface area (Å²) in [6.07, 6.45) is 12.0. The summed E-state index contributed by atoms with van der Waals surface area (Å²) in [6.45, 7) is 1.82. The maximum absolute atomic E-state index is 12.5. The fraction of sp³-hybridized carbons (Fsp3) is 0.250. The molecule has 140 valence electrons. The number of aryl methyl sites for hydroxylation is 1. The first-order valence-electron chi connectivity index (χ1n) is 8.63. The van der Waals surface area contributed by atoms with E-state index in [1.54, 1.807) is 25.5 Å². The Bertz CT molecular complexity index is 886. The van der Waals surface area contributed by atoms with Gasteiger partial charge in [0.1, 0.15) is 0 Å². The average Bonchev–Trinajstić information content (AvgIpc) is 3.15. The van der Waals surface area contributed by atoms with E-state index >= 15 is 0 Å². The molecule has 0 unspecified atom stereocenters. The zero-order valence-corrected chi connectivity index (χ0v) is 18.0. The molecule has 1 aromatic heterocycles. The topological polar surface area (TPSA) is 65.4 Å². The number of amides is 1. The molecule has 7 heteroatoms. The zero-order chi connectivity index (χ0) is 19.1. The van der Waals surface area contributed by atoms with Gasteiger partial charge in [0, 0.05) is 0 Å². The number of aromatic nitrogens is 2. The van der Waals surface area contributed by atoms with Crippen molar-refractivity contribution in [1.82, 2.24) is 14.9 Å². The van der Waals surface area contributed by atoms with Gasteiger partial charge in [0.2, 0.25) is 0 Å². The Morgan fingerprint density at radius 2 is 2.22 bits per heavy atom. The van der Waals surface area contributed by atoms with Crippen LogP contribution in [0.25, 0.3) is 0 Å². The van der Waals surface area contributed by atoms with Crippen LogP contribution >= 0.6 is 0 Å². The second-order valence-corrected chi connectivity index (χ2v) is 7.51. The number of fused-ring (bicyclic) bond motifs is 2. The molecule has 0 saturated heterocycles. The summed E-state index contributed by atoms with van der Waals surface area (Å²) < 4.78 is 14.3. The molecule has 27 heavy (non-hydrogen) atoms. The second-order valence-electron chi connectivity index (χ2n) is 5.93. The fourth-order valence-corrected chi connectivity index (χ4v) is 3.62. The van der Waals surface area contributed by atoms with E-state index in [0.717, 1.165) is 28.3 Å². The SMILES string of the molecule is COc1ccc2c(c1)C(=O)NC=CC=C[C](=[W])c1nccn1CCCOC2. The molecule has 0 fully saturated rings. The molecule has 1 aliphatic rings. The summed E-state index contributed by atoms with van der Waals surface area (Å²) in [5.74, 6) is 1.43. The third-order valence-electron chi connectivity index (χ3n) is 4.11. The summed E-state index contributed by atoms with van der Waals surface area (Å²) in [5.41, 5.74) is 1.39. The molecule has 0 radical (unpaired) electrons. The van der Waals surface area contributed by atoms with Gasteiger partial charge in [-0.15, -0.1) is 0 Å². The number of benzene rings is 1. The number of hydrogen-bond donors (Lipinski definition) is 1. The maximum atomic E-state index is 12.5. The van der Waals surface area contributed by atoms with Gasteiger partial charge in [-0.05, 0) is 0 Å². The minimum atomic E-state index is -0.189. The van der Waals surface area contributed by atoms with Crippen LogP contribution in [0.15, 0.2) is 55.0 Å². The molecule has 0 atom stereocenters. The fourth-order valence-electron chi connectivity index (χ4n) is 2.73. The van der Waals surface area contributed by atoms with Crippen LogP contribution in [0.5, 0.6) is 5.75 Å². The Morgan fingerprint density at radius 1 is 1.33 bits per heavy atom. The van der Waals surface area contributed by atoms with Gasteiger partial charge in [0.05, 0.1) is 0 Å². The standard InChI is InChI=1S/C20H21N3O3.W/c1-25-17-8-7-16-15-26-13-5-11-23-12-10-21-19(23)6-3-2-4-9-22-20(24)18(16)14-17;/h2-4,7-10,12,14H,5,11,13,15H2,1H3,(H,22,24);. The van der Waals surface area contributed by atoms with E-state index in [9.17, 15) is 4.79 Å². The van der Waals surface area contributed by atoms with Gasteiger partial charge in [-0.25, -0.2) is 0 Å². The molecular weight excluding hydrogens is 514 g/mol. The normalized spacial score (nSPS) is 15.7. The van der Waals surface area contributed by atoms with Crippen LogP contribution < -0.4 is 10.1 Å². The zero-order valence-electron chi connectivity index (χ0n) is 15.1. The number of allylic oxidation sites excluding steroid dienone is 3. The first-order chi connectivity index (χ1) is 13.2. The van der Waals surface area contributed by atoms with Gasteiger partial charge < -0.3 is 0 Å². The van der Waals surface area contributed by atoms with Crippen LogP contribution in [0.2, 0.25) is 0 Å². The van der Waals surface area contributed by atoms with E-state index < -0.39 is 0 Å².